The molecule has 3 heterocycles. The van der Waals surface area contributed by atoms with Gasteiger partial charge >= 0.3 is 0 Å². The van der Waals surface area contributed by atoms with Crippen molar-refractivity contribution in [1.82, 2.24) is 15.5 Å². The lowest BCUT2D eigenvalue weighted by atomic mass is 10.1. The first-order chi connectivity index (χ1) is 16.9. The molecule has 0 radical (unpaired) electrons. The number of hydrogen-bond acceptors (Lipinski definition) is 9. The highest BCUT2D eigenvalue weighted by atomic mass is 16.5. The van der Waals surface area contributed by atoms with Gasteiger partial charge < -0.3 is 18.3 Å². The number of ether oxygens (including phenoxy) is 1. The van der Waals surface area contributed by atoms with Gasteiger partial charge in [-0.25, -0.2) is 0 Å². The number of fused-ring (bicyclic) bond motifs is 1. The summed E-state index contributed by atoms with van der Waals surface area (Å²) in [7, 11) is 1.53. The van der Waals surface area contributed by atoms with E-state index in [0.29, 0.717) is 11.5 Å². The number of Topliss-reactive ketones (excluding diaryl/α,β-unsaturated/α-hetero) is 2. The van der Waals surface area contributed by atoms with E-state index < -0.39 is 5.60 Å². The van der Waals surface area contributed by atoms with Crippen molar-refractivity contribution in [3.05, 3.63) is 65.0 Å². The minimum atomic E-state index is -0.597. The van der Waals surface area contributed by atoms with Gasteiger partial charge in [0.2, 0.25) is 0 Å². The Morgan fingerprint density at radius 2 is 1.39 bits per heavy atom. The van der Waals surface area contributed by atoms with Gasteiger partial charge in [0.25, 0.3) is 0 Å². The van der Waals surface area contributed by atoms with Crippen molar-refractivity contribution in [1.29, 1.82) is 0 Å². The van der Waals surface area contributed by atoms with Gasteiger partial charge in [-0.05, 0) is 60.6 Å². The number of rotatable bonds is 3. The van der Waals surface area contributed by atoms with E-state index in [9.17, 15) is 9.59 Å². The second-order valence-corrected chi connectivity index (χ2v) is 7.99. The van der Waals surface area contributed by atoms with Crippen LogP contribution in [0.15, 0.2) is 50.0 Å². The fraction of sp³-hybridized carbons (Fsp3) is 0.444. The van der Waals surface area contributed by atoms with Gasteiger partial charge in [0, 0.05) is 31.6 Å². The van der Waals surface area contributed by atoms with Crippen LogP contribution in [0.2, 0.25) is 0 Å². The van der Waals surface area contributed by atoms with Gasteiger partial charge in [-0.3, -0.25) is 9.59 Å². The van der Waals surface area contributed by atoms with E-state index in [-0.39, 0.29) is 11.6 Å². The fourth-order valence-electron chi connectivity index (χ4n) is 2.18. The maximum absolute atomic E-state index is 10.6. The number of hydrogen-bond donors (Lipinski definition) is 0. The first kappa shape index (κ1) is 32.4. The Kier molecular flexibility index (Phi) is 14.5. The van der Waals surface area contributed by atoms with Gasteiger partial charge in [-0.15, -0.1) is 0 Å². The van der Waals surface area contributed by atoms with Crippen LogP contribution >= 0.6 is 0 Å². The fourth-order valence-corrected chi connectivity index (χ4v) is 2.18. The normalized spacial score (nSPS) is 9.86. The third-order valence-corrected chi connectivity index (χ3v) is 4.65. The maximum Gasteiger partial charge on any atom is 0.181 e. The summed E-state index contributed by atoms with van der Waals surface area (Å²) in [5.74, 6) is 1.53. The highest BCUT2D eigenvalue weighted by Gasteiger charge is 2.21. The van der Waals surface area contributed by atoms with Gasteiger partial charge in [0.05, 0.1) is 11.4 Å². The number of carbonyl (C=O) groups is 2. The van der Waals surface area contributed by atoms with Crippen LogP contribution in [-0.2, 0) is 9.53 Å². The van der Waals surface area contributed by atoms with Gasteiger partial charge in [-0.1, -0.05) is 41.5 Å². The number of aromatic nitrogens is 3. The monoisotopic (exact) mass is 501 g/mol. The van der Waals surface area contributed by atoms with E-state index in [1.165, 1.54) is 21.0 Å². The Bertz CT molecular complexity index is 1170. The van der Waals surface area contributed by atoms with Crippen LogP contribution < -0.4 is 0 Å². The summed E-state index contributed by atoms with van der Waals surface area (Å²) in [4.78, 5) is 21.1. The largest absolute Gasteiger partial charge is 0.371 e. The summed E-state index contributed by atoms with van der Waals surface area (Å²) in [5, 5.41) is 12.1. The van der Waals surface area contributed by atoms with E-state index >= 15 is 0 Å². The molecule has 3 aromatic heterocycles. The lowest BCUT2D eigenvalue weighted by Gasteiger charge is -2.17. The van der Waals surface area contributed by atoms with E-state index in [0.717, 1.165) is 28.1 Å². The van der Waals surface area contributed by atoms with E-state index in [4.69, 9.17) is 13.8 Å². The Hall–Kier alpha value is -3.59. The van der Waals surface area contributed by atoms with Crippen molar-refractivity contribution in [3.63, 3.8) is 0 Å². The summed E-state index contributed by atoms with van der Waals surface area (Å²) < 4.78 is 19.2. The zero-order valence-corrected chi connectivity index (χ0v) is 23.3. The molecule has 0 bridgehead atoms. The van der Waals surface area contributed by atoms with Crippen LogP contribution in [-0.4, -0.2) is 39.7 Å². The maximum atomic E-state index is 10.6. The molecule has 0 amide bonds. The third-order valence-electron chi connectivity index (χ3n) is 4.65. The van der Waals surface area contributed by atoms with E-state index in [1.54, 1.807) is 26.8 Å². The number of aryl methyl sites for hydroxylation is 4. The van der Waals surface area contributed by atoms with Crippen molar-refractivity contribution in [2.75, 3.05) is 7.11 Å². The van der Waals surface area contributed by atoms with Gasteiger partial charge in [0.15, 0.2) is 17.1 Å². The Morgan fingerprint density at radius 3 is 1.69 bits per heavy atom. The average molecular weight is 502 g/mol. The molecule has 0 unspecified atom stereocenters. The molecule has 9 heteroatoms. The topological polar surface area (TPSA) is 121 Å². The second-order valence-electron chi connectivity index (χ2n) is 7.99. The highest BCUT2D eigenvalue weighted by Crippen LogP contribution is 2.15. The Labute approximate surface area is 213 Å². The second kappa shape index (κ2) is 16.1. The number of methoxy groups -OCH3 is 1. The molecule has 4 aromatic rings. The van der Waals surface area contributed by atoms with Crippen molar-refractivity contribution < 1.29 is 27.9 Å². The predicted molar refractivity (Wildman–Crippen MR) is 139 cm³/mol. The Morgan fingerprint density at radius 1 is 0.833 bits per heavy atom. The average Bonchev–Trinajstić information content (AvgIpc) is 3.57. The van der Waals surface area contributed by atoms with Crippen LogP contribution in [0.25, 0.3) is 11.0 Å². The molecule has 198 valence electrons. The minimum absolute atomic E-state index is 0.0556. The van der Waals surface area contributed by atoms with Crippen LogP contribution in [0.3, 0.4) is 0 Å². The first-order valence-corrected chi connectivity index (χ1v) is 11.6. The number of carbonyl (C=O) groups excluding carboxylic acids is 2. The number of ketones is 2. The lowest BCUT2D eigenvalue weighted by Crippen LogP contribution is -2.31. The molecule has 0 N–H and O–H groups in total. The summed E-state index contributed by atoms with van der Waals surface area (Å²) >= 11 is 0. The molecule has 0 saturated carbocycles. The van der Waals surface area contributed by atoms with Crippen molar-refractivity contribution in [2.45, 2.75) is 74.8 Å². The van der Waals surface area contributed by atoms with Crippen molar-refractivity contribution in [2.24, 2.45) is 0 Å². The third kappa shape index (κ3) is 11.7. The van der Waals surface area contributed by atoms with Gasteiger partial charge in [-0.2, -0.15) is 0 Å². The summed E-state index contributed by atoms with van der Waals surface area (Å²) in [5.41, 5.74) is 2.56. The standard InChI is InChI=1S/C8H7NO.C6H7NO2.C6H12O2.C5H7NO.C2H6/c1-6-7-4-2-3-5-8(7)10-9-6;1-4-3-6(5(2)8)7-9-4;1-5(7)6(2,3)8-4;1-4-3-5(2)7-6-4;1-2/h2-5H,1H3;3H,1-2H3;1-4H3;3H,1-2H3;1-2H3. The molecule has 0 aliphatic heterocycles. The summed E-state index contributed by atoms with van der Waals surface area (Å²) in [6, 6.07) is 11.3. The summed E-state index contributed by atoms with van der Waals surface area (Å²) in [6.45, 7) is 17.9. The quantitative estimate of drug-likeness (QED) is 0.284. The van der Waals surface area contributed by atoms with E-state index in [1.807, 2.05) is 65.0 Å². The molecule has 1 aromatic carbocycles. The van der Waals surface area contributed by atoms with Crippen LogP contribution in [0.5, 0.6) is 0 Å². The van der Waals surface area contributed by atoms with Crippen molar-refractivity contribution >= 4 is 22.5 Å². The summed E-state index contributed by atoms with van der Waals surface area (Å²) in [6.07, 6.45) is 0. The first-order valence-electron chi connectivity index (χ1n) is 11.6. The SMILES string of the molecule is CC.CC(=O)c1cc(C)on1.COC(C)(C)C(C)=O.Cc1cc(C)on1.Cc1noc2ccccc12. The molecular weight excluding hydrogens is 462 g/mol. The van der Waals surface area contributed by atoms with Gasteiger partial charge in [0.1, 0.15) is 22.8 Å². The molecule has 0 atom stereocenters. The molecule has 0 saturated heterocycles. The molecule has 0 fully saturated rings. The smallest absolute Gasteiger partial charge is 0.181 e. The molecule has 0 spiro atoms. The predicted octanol–water partition coefficient (Wildman–Crippen LogP) is 6.64. The highest BCUT2D eigenvalue weighted by molar-refractivity contribution is 5.91. The van der Waals surface area contributed by atoms with Crippen LogP contribution in [0, 0.1) is 27.7 Å². The molecule has 36 heavy (non-hydrogen) atoms. The molecule has 4 rings (SSSR count). The van der Waals surface area contributed by atoms with Crippen molar-refractivity contribution in [3.8, 4) is 0 Å². The van der Waals surface area contributed by atoms with Crippen LogP contribution in [0.1, 0.15) is 74.9 Å². The Balaban J connectivity index is 0.000000447. The van der Waals surface area contributed by atoms with Crippen LogP contribution in [0.4, 0.5) is 0 Å². The molecular formula is C27H39N3O6. The number of nitrogens with zero attached hydrogens (tertiary/aromatic N) is 3. The zero-order chi connectivity index (χ0) is 27.9. The number of para-hydroxylation sites is 1. The van der Waals surface area contributed by atoms with E-state index in [2.05, 4.69) is 20.0 Å². The molecule has 9 nitrogen and oxygen atoms in total. The number of benzene rings is 1. The lowest BCUT2D eigenvalue weighted by molar-refractivity contribution is -0.134. The zero-order valence-electron chi connectivity index (χ0n) is 23.3. The molecule has 0 aliphatic carbocycles. The molecule has 0 aliphatic rings. The minimum Gasteiger partial charge on any atom is -0.371 e.